The van der Waals surface area contributed by atoms with Crippen LogP contribution in [0.5, 0.6) is 23.0 Å². The molecule has 0 atom stereocenters. The summed E-state index contributed by atoms with van der Waals surface area (Å²) in [5, 5.41) is 0. The number of fused-ring (bicyclic) bond motifs is 1. The third-order valence-corrected chi connectivity index (χ3v) is 4.58. The number of ether oxygens (including phenoxy) is 4. The molecule has 1 aliphatic heterocycles. The Kier molecular flexibility index (Phi) is 6.17. The second-order valence-electron chi connectivity index (χ2n) is 7.20. The number of methoxy groups -OCH3 is 2. The molecule has 2 aromatic carbocycles. The van der Waals surface area contributed by atoms with Crippen LogP contribution in [0.2, 0.25) is 0 Å². The van der Waals surface area contributed by atoms with E-state index < -0.39 is 5.60 Å². The molecule has 30 heavy (non-hydrogen) atoms. The first-order chi connectivity index (χ1) is 14.4. The third-order valence-electron chi connectivity index (χ3n) is 4.58. The third kappa shape index (κ3) is 4.49. The number of ketones is 1. The van der Waals surface area contributed by atoms with Crippen molar-refractivity contribution in [3.63, 3.8) is 0 Å². The minimum atomic E-state index is -0.517. The van der Waals surface area contributed by atoms with Crippen molar-refractivity contribution in [2.45, 2.75) is 19.4 Å². The molecular weight excluding hydrogens is 380 g/mol. The van der Waals surface area contributed by atoms with E-state index in [-0.39, 0.29) is 12.4 Å². The Bertz CT molecular complexity index is 1050. The summed E-state index contributed by atoms with van der Waals surface area (Å²) >= 11 is 0. The van der Waals surface area contributed by atoms with Gasteiger partial charge in [0, 0.05) is 0 Å². The number of carbonyl (C=O) groups is 1. The molecule has 1 heterocycles. The van der Waals surface area contributed by atoms with Gasteiger partial charge >= 0.3 is 0 Å². The lowest BCUT2D eigenvalue weighted by Gasteiger charge is -2.29. The van der Waals surface area contributed by atoms with Gasteiger partial charge in [-0.2, -0.15) is 0 Å². The largest absolute Gasteiger partial charge is 0.496 e. The Labute approximate surface area is 176 Å². The minimum absolute atomic E-state index is 0.126. The van der Waals surface area contributed by atoms with Crippen molar-refractivity contribution in [3.8, 4) is 35.3 Å². The molecule has 0 saturated heterocycles. The summed E-state index contributed by atoms with van der Waals surface area (Å²) in [5.74, 6) is 4.50. The van der Waals surface area contributed by atoms with Gasteiger partial charge in [0.15, 0.2) is 17.3 Å². The van der Waals surface area contributed by atoms with Crippen molar-refractivity contribution in [3.05, 3.63) is 59.2 Å². The van der Waals surface area contributed by atoms with E-state index in [1.165, 1.54) is 6.08 Å². The molecule has 0 bridgehead atoms. The van der Waals surface area contributed by atoms with Crippen LogP contribution >= 0.6 is 0 Å². The van der Waals surface area contributed by atoms with Gasteiger partial charge in [0.25, 0.3) is 0 Å². The SMILES string of the molecule is C#CCOc1cc(/C=C/C(=O)c2ccc(OC)c3c2OC(C)(C)C=C3)ccc1OC. The maximum atomic E-state index is 13.0. The van der Waals surface area contributed by atoms with Gasteiger partial charge in [0.05, 0.1) is 25.3 Å². The van der Waals surface area contributed by atoms with E-state index in [0.29, 0.717) is 28.6 Å². The fraction of sp³-hybridized carbons (Fsp3) is 0.240. The molecular formula is C25H24O5. The van der Waals surface area contributed by atoms with Crippen LogP contribution in [0, 0.1) is 12.3 Å². The topological polar surface area (TPSA) is 54.0 Å². The molecule has 0 radical (unpaired) electrons. The molecule has 0 aromatic heterocycles. The lowest BCUT2D eigenvalue weighted by atomic mass is 9.97. The molecule has 3 rings (SSSR count). The highest BCUT2D eigenvalue weighted by Gasteiger charge is 2.27. The zero-order chi connectivity index (χ0) is 21.7. The average molecular weight is 404 g/mol. The van der Waals surface area contributed by atoms with Gasteiger partial charge in [-0.3, -0.25) is 4.79 Å². The second kappa shape index (κ2) is 8.79. The van der Waals surface area contributed by atoms with Gasteiger partial charge in [-0.25, -0.2) is 0 Å². The number of hydrogen-bond acceptors (Lipinski definition) is 5. The van der Waals surface area contributed by atoms with Crippen molar-refractivity contribution >= 4 is 17.9 Å². The Balaban J connectivity index is 1.91. The van der Waals surface area contributed by atoms with Gasteiger partial charge in [-0.15, -0.1) is 6.42 Å². The standard InChI is InChI=1S/C25H24O5/c1-6-15-29-23-16-17(8-11-22(23)28-5)7-10-20(26)18-9-12-21(27-4)19-13-14-25(2,3)30-24(18)19/h1,7-14,16H,15H2,2-5H3/b10-7+. The van der Waals surface area contributed by atoms with E-state index in [1.807, 2.05) is 32.1 Å². The molecule has 2 aromatic rings. The van der Waals surface area contributed by atoms with Gasteiger partial charge in [-0.1, -0.05) is 18.1 Å². The predicted octanol–water partition coefficient (Wildman–Crippen LogP) is 4.80. The zero-order valence-corrected chi connectivity index (χ0v) is 17.5. The highest BCUT2D eigenvalue weighted by atomic mass is 16.5. The quantitative estimate of drug-likeness (QED) is 0.377. The second-order valence-corrected chi connectivity index (χ2v) is 7.20. The van der Waals surface area contributed by atoms with E-state index in [9.17, 15) is 4.79 Å². The highest BCUT2D eigenvalue weighted by molar-refractivity contribution is 6.09. The maximum absolute atomic E-state index is 13.0. The van der Waals surface area contributed by atoms with Crippen LogP contribution in [0.25, 0.3) is 12.2 Å². The molecule has 5 heteroatoms. The Morgan fingerprint density at radius 1 is 1.13 bits per heavy atom. The predicted molar refractivity (Wildman–Crippen MR) is 117 cm³/mol. The summed E-state index contributed by atoms with van der Waals surface area (Å²) < 4.78 is 22.3. The molecule has 0 N–H and O–H groups in total. The Morgan fingerprint density at radius 2 is 1.87 bits per heavy atom. The van der Waals surface area contributed by atoms with Crippen molar-refractivity contribution in [2.75, 3.05) is 20.8 Å². The van der Waals surface area contributed by atoms with Crippen molar-refractivity contribution in [2.24, 2.45) is 0 Å². The van der Waals surface area contributed by atoms with Crippen LogP contribution in [-0.2, 0) is 0 Å². The highest BCUT2D eigenvalue weighted by Crippen LogP contribution is 2.40. The fourth-order valence-corrected chi connectivity index (χ4v) is 3.09. The smallest absolute Gasteiger partial charge is 0.189 e. The number of benzene rings is 2. The van der Waals surface area contributed by atoms with E-state index in [4.69, 9.17) is 25.4 Å². The summed E-state index contributed by atoms with van der Waals surface area (Å²) in [4.78, 5) is 13.0. The summed E-state index contributed by atoms with van der Waals surface area (Å²) in [6.45, 7) is 4.00. The van der Waals surface area contributed by atoms with Crippen LogP contribution in [0.1, 0.15) is 35.3 Å². The lowest BCUT2D eigenvalue weighted by molar-refractivity contribution is 0.103. The van der Waals surface area contributed by atoms with E-state index >= 15 is 0 Å². The summed E-state index contributed by atoms with van der Waals surface area (Å²) in [5.41, 5.74) is 1.49. The lowest BCUT2D eigenvalue weighted by Crippen LogP contribution is -2.28. The summed E-state index contributed by atoms with van der Waals surface area (Å²) in [6, 6.07) is 8.85. The van der Waals surface area contributed by atoms with E-state index in [0.717, 1.165) is 11.1 Å². The molecule has 0 fully saturated rings. The number of carbonyl (C=O) groups excluding carboxylic acids is 1. The summed E-state index contributed by atoms with van der Waals surface area (Å²) in [7, 11) is 3.15. The fourth-order valence-electron chi connectivity index (χ4n) is 3.09. The minimum Gasteiger partial charge on any atom is -0.496 e. The Morgan fingerprint density at radius 3 is 2.57 bits per heavy atom. The normalized spacial score (nSPS) is 13.8. The number of rotatable bonds is 7. The van der Waals surface area contributed by atoms with Gasteiger partial charge in [0.1, 0.15) is 23.7 Å². The van der Waals surface area contributed by atoms with E-state index in [1.54, 1.807) is 44.6 Å². The first-order valence-corrected chi connectivity index (χ1v) is 9.44. The molecule has 0 unspecified atom stereocenters. The van der Waals surface area contributed by atoms with Gasteiger partial charge in [-0.05, 0) is 61.9 Å². The van der Waals surface area contributed by atoms with Crippen molar-refractivity contribution in [1.82, 2.24) is 0 Å². The summed E-state index contributed by atoms with van der Waals surface area (Å²) in [6.07, 6.45) is 12.3. The molecule has 5 nitrogen and oxygen atoms in total. The van der Waals surface area contributed by atoms with Crippen LogP contribution in [0.3, 0.4) is 0 Å². The van der Waals surface area contributed by atoms with E-state index in [2.05, 4.69) is 5.92 Å². The average Bonchev–Trinajstić information content (AvgIpc) is 2.74. The maximum Gasteiger partial charge on any atom is 0.189 e. The number of allylic oxidation sites excluding steroid dienone is 1. The van der Waals surface area contributed by atoms with Crippen molar-refractivity contribution in [1.29, 1.82) is 0 Å². The molecule has 0 amide bonds. The molecule has 1 aliphatic rings. The van der Waals surface area contributed by atoms with Gasteiger partial charge in [0.2, 0.25) is 0 Å². The zero-order valence-electron chi connectivity index (χ0n) is 17.5. The molecule has 0 aliphatic carbocycles. The van der Waals surface area contributed by atoms with Crippen LogP contribution in [-0.4, -0.2) is 32.2 Å². The van der Waals surface area contributed by atoms with Crippen molar-refractivity contribution < 1.29 is 23.7 Å². The number of terminal acetylenes is 1. The number of hydrogen-bond donors (Lipinski definition) is 0. The monoisotopic (exact) mass is 404 g/mol. The van der Waals surface area contributed by atoms with Crippen LogP contribution < -0.4 is 18.9 Å². The molecule has 0 spiro atoms. The van der Waals surface area contributed by atoms with Crippen LogP contribution in [0.4, 0.5) is 0 Å². The first kappa shape index (κ1) is 21.1. The first-order valence-electron chi connectivity index (χ1n) is 9.44. The van der Waals surface area contributed by atoms with Crippen LogP contribution in [0.15, 0.2) is 42.5 Å². The molecule has 0 saturated carbocycles. The van der Waals surface area contributed by atoms with Gasteiger partial charge < -0.3 is 18.9 Å². The molecule has 154 valence electrons. The Hall–Kier alpha value is -3.65.